The maximum atomic E-state index is 12.4. The summed E-state index contributed by atoms with van der Waals surface area (Å²) in [6.07, 6.45) is 4.35. The fourth-order valence-electron chi connectivity index (χ4n) is 3.26. The second-order valence-corrected chi connectivity index (χ2v) is 5.96. The van der Waals surface area contributed by atoms with E-state index in [-0.39, 0.29) is 5.92 Å². The predicted molar refractivity (Wildman–Crippen MR) is 78.1 cm³/mol. The zero-order valence-corrected chi connectivity index (χ0v) is 12.5. The number of likely N-dealkylation sites (tertiary alicyclic amines) is 1. The Morgan fingerprint density at radius 1 is 1.16 bits per heavy atom. The van der Waals surface area contributed by atoms with Crippen LogP contribution < -0.4 is 5.32 Å². The molecule has 2 aliphatic heterocycles. The van der Waals surface area contributed by atoms with Gasteiger partial charge in [0.15, 0.2) is 0 Å². The molecule has 2 saturated heterocycles. The summed E-state index contributed by atoms with van der Waals surface area (Å²) in [7, 11) is 0. The first-order valence-electron chi connectivity index (χ1n) is 7.99. The van der Waals surface area contributed by atoms with Gasteiger partial charge in [0.05, 0.1) is 0 Å². The number of nitrogens with one attached hydrogen (secondary N) is 1. The van der Waals surface area contributed by atoms with Crippen molar-refractivity contribution < 1.29 is 4.79 Å². The summed E-state index contributed by atoms with van der Waals surface area (Å²) < 4.78 is 0. The van der Waals surface area contributed by atoms with Crippen molar-refractivity contribution in [3.8, 4) is 0 Å². The van der Waals surface area contributed by atoms with Crippen LogP contribution in [0.4, 0.5) is 0 Å². The molecular weight excluding hydrogens is 238 g/mol. The van der Waals surface area contributed by atoms with Crippen LogP contribution in [0.25, 0.3) is 0 Å². The van der Waals surface area contributed by atoms with Gasteiger partial charge in [-0.1, -0.05) is 26.7 Å². The zero-order valence-electron chi connectivity index (χ0n) is 12.5. The van der Waals surface area contributed by atoms with Crippen LogP contribution in [0.15, 0.2) is 0 Å². The van der Waals surface area contributed by atoms with Gasteiger partial charge in [-0.25, -0.2) is 0 Å². The Labute approximate surface area is 117 Å². The molecule has 110 valence electrons. The van der Waals surface area contributed by atoms with Crippen LogP contribution in [-0.4, -0.2) is 61.0 Å². The van der Waals surface area contributed by atoms with E-state index in [2.05, 4.69) is 29.0 Å². The quantitative estimate of drug-likeness (QED) is 0.788. The maximum Gasteiger partial charge on any atom is 0.225 e. The third-order valence-electron chi connectivity index (χ3n) is 4.47. The molecule has 0 bridgehead atoms. The van der Waals surface area contributed by atoms with Crippen molar-refractivity contribution in [2.75, 3.05) is 39.3 Å². The minimum Gasteiger partial charge on any atom is -0.339 e. The number of amides is 1. The predicted octanol–water partition coefficient (Wildman–Crippen LogP) is 1.32. The minimum atomic E-state index is 0.277. The molecule has 0 spiro atoms. The molecule has 0 saturated carbocycles. The van der Waals surface area contributed by atoms with Gasteiger partial charge in [0.1, 0.15) is 0 Å². The Morgan fingerprint density at radius 2 is 1.74 bits per heavy atom. The zero-order chi connectivity index (χ0) is 13.7. The summed E-state index contributed by atoms with van der Waals surface area (Å²) in [4.78, 5) is 17.1. The average Bonchev–Trinajstić information content (AvgIpc) is 2.38. The van der Waals surface area contributed by atoms with Crippen molar-refractivity contribution in [2.45, 2.75) is 45.6 Å². The van der Waals surface area contributed by atoms with Crippen LogP contribution in [0, 0.1) is 5.92 Å². The smallest absolute Gasteiger partial charge is 0.225 e. The second kappa shape index (κ2) is 7.25. The average molecular weight is 267 g/mol. The topological polar surface area (TPSA) is 35.6 Å². The SMILES string of the molecule is CCCC(CCC)C(=O)N1CC(N2CCNCC2)C1. The molecule has 0 atom stereocenters. The summed E-state index contributed by atoms with van der Waals surface area (Å²) in [6, 6.07) is 0.620. The standard InChI is InChI=1S/C15H29N3O/c1-3-5-13(6-4-2)15(19)18-11-14(12-18)17-9-7-16-8-10-17/h13-14,16H,3-12H2,1-2H3. The van der Waals surface area contributed by atoms with Crippen LogP contribution in [0.2, 0.25) is 0 Å². The van der Waals surface area contributed by atoms with Gasteiger partial charge >= 0.3 is 0 Å². The van der Waals surface area contributed by atoms with Gasteiger partial charge < -0.3 is 10.2 Å². The molecule has 2 fully saturated rings. The first-order chi connectivity index (χ1) is 9.26. The fraction of sp³-hybridized carbons (Fsp3) is 0.933. The van der Waals surface area contributed by atoms with E-state index in [9.17, 15) is 4.79 Å². The van der Waals surface area contributed by atoms with Crippen molar-refractivity contribution in [1.29, 1.82) is 0 Å². The first kappa shape index (κ1) is 14.8. The number of carbonyl (C=O) groups is 1. The molecule has 0 aromatic heterocycles. The normalized spacial score (nSPS) is 21.7. The number of carbonyl (C=O) groups excluding carboxylic acids is 1. The summed E-state index contributed by atoms with van der Waals surface area (Å²) in [5.41, 5.74) is 0. The number of hydrogen-bond donors (Lipinski definition) is 1. The van der Waals surface area contributed by atoms with Crippen molar-refractivity contribution in [2.24, 2.45) is 5.92 Å². The Hall–Kier alpha value is -0.610. The Morgan fingerprint density at radius 3 is 2.26 bits per heavy atom. The Balaban J connectivity index is 1.76. The molecule has 19 heavy (non-hydrogen) atoms. The molecular formula is C15H29N3O. The molecule has 4 nitrogen and oxygen atoms in total. The second-order valence-electron chi connectivity index (χ2n) is 5.96. The van der Waals surface area contributed by atoms with E-state index in [1.54, 1.807) is 0 Å². The number of nitrogens with zero attached hydrogens (tertiary/aromatic N) is 2. The lowest BCUT2D eigenvalue weighted by Gasteiger charge is -2.47. The van der Waals surface area contributed by atoms with Crippen molar-refractivity contribution in [1.82, 2.24) is 15.1 Å². The van der Waals surface area contributed by atoms with Gasteiger partial charge in [-0.05, 0) is 12.8 Å². The third kappa shape index (κ3) is 3.69. The fourth-order valence-corrected chi connectivity index (χ4v) is 3.26. The van der Waals surface area contributed by atoms with Crippen LogP contribution in [0.5, 0.6) is 0 Å². The molecule has 0 aromatic rings. The first-order valence-corrected chi connectivity index (χ1v) is 7.99. The highest BCUT2D eigenvalue weighted by molar-refractivity contribution is 5.79. The molecule has 2 aliphatic rings. The lowest BCUT2D eigenvalue weighted by molar-refractivity contribution is -0.143. The van der Waals surface area contributed by atoms with E-state index in [4.69, 9.17) is 0 Å². The summed E-state index contributed by atoms with van der Waals surface area (Å²) >= 11 is 0. The van der Waals surface area contributed by atoms with Crippen LogP contribution >= 0.6 is 0 Å². The van der Waals surface area contributed by atoms with Crippen LogP contribution in [0.1, 0.15) is 39.5 Å². The van der Waals surface area contributed by atoms with Gasteiger partial charge in [-0.3, -0.25) is 9.69 Å². The molecule has 4 heteroatoms. The van der Waals surface area contributed by atoms with E-state index in [1.165, 1.54) is 0 Å². The maximum absolute atomic E-state index is 12.4. The minimum absolute atomic E-state index is 0.277. The van der Waals surface area contributed by atoms with Gasteiger partial charge in [0.2, 0.25) is 5.91 Å². The van der Waals surface area contributed by atoms with E-state index < -0.39 is 0 Å². The van der Waals surface area contributed by atoms with Crippen LogP contribution in [0.3, 0.4) is 0 Å². The molecule has 0 aromatic carbocycles. The molecule has 0 aliphatic carbocycles. The summed E-state index contributed by atoms with van der Waals surface area (Å²) in [5, 5.41) is 3.38. The highest BCUT2D eigenvalue weighted by Crippen LogP contribution is 2.22. The number of rotatable bonds is 6. The molecule has 1 amide bonds. The molecule has 0 unspecified atom stereocenters. The summed E-state index contributed by atoms with van der Waals surface area (Å²) in [6.45, 7) is 10.7. The molecule has 2 heterocycles. The molecule has 0 radical (unpaired) electrons. The van der Waals surface area contributed by atoms with Crippen molar-refractivity contribution >= 4 is 5.91 Å². The third-order valence-corrected chi connectivity index (χ3v) is 4.47. The Kier molecular flexibility index (Phi) is 5.64. The molecule has 2 rings (SSSR count). The van der Waals surface area contributed by atoms with Crippen molar-refractivity contribution in [3.05, 3.63) is 0 Å². The van der Waals surface area contributed by atoms with Crippen LogP contribution in [-0.2, 0) is 4.79 Å². The largest absolute Gasteiger partial charge is 0.339 e. The van der Waals surface area contributed by atoms with E-state index in [1.807, 2.05) is 0 Å². The van der Waals surface area contributed by atoms with Crippen molar-refractivity contribution in [3.63, 3.8) is 0 Å². The lowest BCUT2D eigenvalue weighted by atomic mass is 9.94. The highest BCUT2D eigenvalue weighted by Gasteiger charge is 2.37. The van der Waals surface area contributed by atoms with E-state index in [0.29, 0.717) is 11.9 Å². The van der Waals surface area contributed by atoms with E-state index in [0.717, 1.165) is 65.0 Å². The van der Waals surface area contributed by atoms with E-state index >= 15 is 0 Å². The monoisotopic (exact) mass is 267 g/mol. The van der Waals surface area contributed by atoms with Gasteiger partial charge in [-0.15, -0.1) is 0 Å². The molecule has 1 N–H and O–H groups in total. The van der Waals surface area contributed by atoms with Gasteiger partial charge in [0.25, 0.3) is 0 Å². The Bertz CT molecular complexity index is 277. The highest BCUT2D eigenvalue weighted by atomic mass is 16.2. The summed E-state index contributed by atoms with van der Waals surface area (Å²) in [5.74, 6) is 0.689. The van der Waals surface area contributed by atoms with Gasteiger partial charge in [-0.2, -0.15) is 0 Å². The number of piperazine rings is 1. The van der Waals surface area contributed by atoms with Gasteiger partial charge in [0, 0.05) is 51.2 Å². The number of hydrogen-bond acceptors (Lipinski definition) is 3. The lowest BCUT2D eigenvalue weighted by Crippen LogP contribution is -2.64.